The molecule has 1 amide bonds. The zero-order valence-electron chi connectivity index (χ0n) is 15.4. The SMILES string of the molecule is CCOc1cc2c(cc1NC(=O)c1nc(-c3ccco3)sc1C)O[C@@H](C)C2. The van der Waals surface area contributed by atoms with E-state index in [0.29, 0.717) is 34.5 Å². The lowest BCUT2D eigenvalue weighted by Gasteiger charge is -2.13. The number of hydrogen-bond donors (Lipinski definition) is 1. The van der Waals surface area contributed by atoms with Crippen LogP contribution in [0.25, 0.3) is 10.8 Å². The van der Waals surface area contributed by atoms with Crippen LogP contribution in [-0.2, 0) is 6.42 Å². The molecule has 2 aromatic heterocycles. The molecule has 1 N–H and O–H groups in total. The van der Waals surface area contributed by atoms with Gasteiger partial charge in [-0.25, -0.2) is 4.98 Å². The molecule has 0 saturated carbocycles. The van der Waals surface area contributed by atoms with Crippen LogP contribution >= 0.6 is 11.3 Å². The highest BCUT2D eigenvalue weighted by Gasteiger charge is 2.24. The van der Waals surface area contributed by atoms with E-state index in [2.05, 4.69) is 10.3 Å². The second-order valence-corrected chi connectivity index (χ2v) is 7.58. The summed E-state index contributed by atoms with van der Waals surface area (Å²) in [5.74, 6) is 1.79. The maximum Gasteiger partial charge on any atom is 0.275 e. The number of benzene rings is 1. The van der Waals surface area contributed by atoms with Crippen LogP contribution in [0.4, 0.5) is 5.69 Å². The van der Waals surface area contributed by atoms with Gasteiger partial charge in [-0.3, -0.25) is 4.79 Å². The van der Waals surface area contributed by atoms with E-state index in [1.54, 1.807) is 12.3 Å². The van der Waals surface area contributed by atoms with Gasteiger partial charge in [-0.15, -0.1) is 11.3 Å². The zero-order chi connectivity index (χ0) is 19.0. The van der Waals surface area contributed by atoms with E-state index in [1.165, 1.54) is 11.3 Å². The first-order valence-corrected chi connectivity index (χ1v) is 9.65. The fraction of sp³-hybridized carbons (Fsp3) is 0.300. The first-order valence-electron chi connectivity index (χ1n) is 8.84. The molecule has 4 rings (SSSR count). The smallest absolute Gasteiger partial charge is 0.275 e. The van der Waals surface area contributed by atoms with Crippen molar-refractivity contribution in [3.8, 4) is 22.3 Å². The van der Waals surface area contributed by atoms with Crippen molar-refractivity contribution in [1.29, 1.82) is 0 Å². The van der Waals surface area contributed by atoms with Crippen molar-refractivity contribution in [3.05, 3.63) is 46.7 Å². The van der Waals surface area contributed by atoms with E-state index in [0.717, 1.165) is 22.6 Å². The molecule has 1 aliphatic rings. The van der Waals surface area contributed by atoms with E-state index < -0.39 is 0 Å². The summed E-state index contributed by atoms with van der Waals surface area (Å²) in [7, 11) is 0. The summed E-state index contributed by atoms with van der Waals surface area (Å²) in [6, 6.07) is 7.40. The van der Waals surface area contributed by atoms with Gasteiger partial charge in [-0.05, 0) is 39.0 Å². The summed E-state index contributed by atoms with van der Waals surface area (Å²) in [4.78, 5) is 18.1. The minimum atomic E-state index is -0.284. The molecule has 0 bridgehead atoms. The lowest BCUT2D eigenvalue weighted by molar-refractivity contribution is 0.102. The number of aromatic nitrogens is 1. The molecule has 1 aliphatic heterocycles. The molecular weight excluding hydrogens is 364 g/mol. The van der Waals surface area contributed by atoms with Crippen LogP contribution in [0.1, 0.15) is 34.8 Å². The Balaban J connectivity index is 1.62. The first kappa shape index (κ1) is 17.6. The van der Waals surface area contributed by atoms with E-state index in [1.807, 2.05) is 39.0 Å². The highest BCUT2D eigenvalue weighted by molar-refractivity contribution is 7.15. The number of aryl methyl sites for hydroxylation is 1. The standard InChI is InChI=1S/C20H20N2O4S/c1-4-24-17-9-13-8-11(2)26-16(13)10-14(17)21-19(23)18-12(3)27-20(22-18)15-6-5-7-25-15/h5-7,9-11H,4,8H2,1-3H3,(H,21,23)/t11-/m0/s1. The van der Waals surface area contributed by atoms with Crippen molar-refractivity contribution in [2.75, 3.05) is 11.9 Å². The summed E-state index contributed by atoms with van der Waals surface area (Å²) < 4.78 is 16.9. The van der Waals surface area contributed by atoms with Gasteiger partial charge >= 0.3 is 0 Å². The van der Waals surface area contributed by atoms with Crippen molar-refractivity contribution in [1.82, 2.24) is 4.98 Å². The van der Waals surface area contributed by atoms with Crippen molar-refractivity contribution in [2.24, 2.45) is 0 Å². The number of carbonyl (C=O) groups is 1. The van der Waals surface area contributed by atoms with Crippen LogP contribution < -0.4 is 14.8 Å². The van der Waals surface area contributed by atoms with Gasteiger partial charge < -0.3 is 19.2 Å². The highest BCUT2D eigenvalue weighted by atomic mass is 32.1. The van der Waals surface area contributed by atoms with Crippen LogP contribution in [0, 0.1) is 6.92 Å². The Morgan fingerprint density at radius 3 is 3.04 bits per heavy atom. The quantitative estimate of drug-likeness (QED) is 0.691. The summed E-state index contributed by atoms with van der Waals surface area (Å²) in [5, 5.41) is 3.60. The number of nitrogens with zero attached hydrogens (tertiary/aromatic N) is 1. The van der Waals surface area contributed by atoms with E-state index >= 15 is 0 Å². The third-order valence-corrected chi connectivity index (χ3v) is 5.28. The Morgan fingerprint density at radius 2 is 2.30 bits per heavy atom. The number of nitrogens with one attached hydrogen (secondary N) is 1. The number of anilines is 1. The number of rotatable bonds is 5. The number of carbonyl (C=O) groups excluding carboxylic acids is 1. The second kappa shape index (κ2) is 7.08. The second-order valence-electron chi connectivity index (χ2n) is 6.38. The average molecular weight is 384 g/mol. The van der Waals surface area contributed by atoms with Gasteiger partial charge in [0.05, 0.1) is 18.6 Å². The van der Waals surface area contributed by atoms with E-state index in [9.17, 15) is 4.79 Å². The molecule has 1 atom stereocenters. The van der Waals surface area contributed by atoms with Crippen molar-refractivity contribution >= 4 is 22.9 Å². The van der Waals surface area contributed by atoms with Gasteiger partial charge in [0, 0.05) is 22.9 Å². The molecule has 3 aromatic rings. The summed E-state index contributed by atoms with van der Waals surface area (Å²) in [5.41, 5.74) is 2.05. The molecule has 0 saturated heterocycles. The van der Waals surface area contributed by atoms with Crippen LogP contribution in [0.3, 0.4) is 0 Å². The van der Waals surface area contributed by atoms with Gasteiger partial charge in [0.25, 0.3) is 5.91 Å². The van der Waals surface area contributed by atoms with Crippen LogP contribution in [0.2, 0.25) is 0 Å². The maximum absolute atomic E-state index is 12.8. The molecule has 140 valence electrons. The molecule has 0 aliphatic carbocycles. The number of furan rings is 1. The molecule has 7 heteroatoms. The number of amides is 1. The Labute approximate surface area is 161 Å². The number of ether oxygens (including phenoxy) is 2. The molecule has 0 radical (unpaired) electrons. The zero-order valence-corrected chi connectivity index (χ0v) is 16.2. The molecule has 0 unspecified atom stereocenters. The maximum atomic E-state index is 12.8. The molecular formula is C20H20N2O4S. The third kappa shape index (κ3) is 3.42. The highest BCUT2D eigenvalue weighted by Crippen LogP contribution is 2.38. The number of hydrogen-bond acceptors (Lipinski definition) is 6. The number of thiazole rings is 1. The lowest BCUT2D eigenvalue weighted by atomic mass is 10.1. The molecule has 27 heavy (non-hydrogen) atoms. The monoisotopic (exact) mass is 384 g/mol. The van der Waals surface area contributed by atoms with Gasteiger partial charge in [-0.2, -0.15) is 0 Å². The van der Waals surface area contributed by atoms with E-state index in [4.69, 9.17) is 13.9 Å². The van der Waals surface area contributed by atoms with Crippen LogP contribution in [0.5, 0.6) is 11.5 Å². The lowest BCUT2D eigenvalue weighted by Crippen LogP contribution is -2.14. The summed E-state index contributed by atoms with van der Waals surface area (Å²) >= 11 is 1.42. The van der Waals surface area contributed by atoms with Gasteiger partial charge in [-0.1, -0.05) is 0 Å². The van der Waals surface area contributed by atoms with Crippen LogP contribution in [-0.4, -0.2) is 23.6 Å². The van der Waals surface area contributed by atoms with Gasteiger partial charge in [0.15, 0.2) is 10.8 Å². The third-order valence-electron chi connectivity index (χ3n) is 4.29. The van der Waals surface area contributed by atoms with Crippen molar-refractivity contribution in [2.45, 2.75) is 33.3 Å². The predicted octanol–water partition coefficient (Wildman–Crippen LogP) is 4.69. The normalized spacial score (nSPS) is 15.3. The Morgan fingerprint density at radius 1 is 1.44 bits per heavy atom. The van der Waals surface area contributed by atoms with Crippen LogP contribution in [0.15, 0.2) is 34.9 Å². The predicted molar refractivity (Wildman–Crippen MR) is 104 cm³/mol. The molecule has 0 fully saturated rings. The van der Waals surface area contributed by atoms with Crippen molar-refractivity contribution < 1.29 is 18.7 Å². The average Bonchev–Trinajstić information content (AvgIpc) is 3.34. The van der Waals surface area contributed by atoms with E-state index in [-0.39, 0.29) is 12.0 Å². The van der Waals surface area contributed by atoms with Gasteiger partial charge in [0.2, 0.25) is 0 Å². The minimum Gasteiger partial charge on any atom is -0.492 e. The van der Waals surface area contributed by atoms with Gasteiger partial charge in [0.1, 0.15) is 23.3 Å². The topological polar surface area (TPSA) is 73.6 Å². The Kier molecular flexibility index (Phi) is 4.61. The Bertz CT molecular complexity index is 978. The Hall–Kier alpha value is -2.80. The molecule has 6 nitrogen and oxygen atoms in total. The molecule has 1 aromatic carbocycles. The largest absolute Gasteiger partial charge is 0.492 e. The molecule has 3 heterocycles. The number of fused-ring (bicyclic) bond motifs is 1. The fourth-order valence-corrected chi connectivity index (χ4v) is 3.98. The summed E-state index contributed by atoms with van der Waals surface area (Å²) in [6.45, 7) is 6.32. The summed E-state index contributed by atoms with van der Waals surface area (Å²) in [6.07, 6.45) is 2.55. The molecule has 0 spiro atoms. The minimum absolute atomic E-state index is 0.122. The fourth-order valence-electron chi connectivity index (χ4n) is 3.11. The van der Waals surface area contributed by atoms with Crippen molar-refractivity contribution in [3.63, 3.8) is 0 Å². The first-order chi connectivity index (χ1) is 13.0.